The molecular weight excluding hydrogens is 246 g/mol. The summed E-state index contributed by atoms with van der Waals surface area (Å²) in [5.41, 5.74) is 4.23. The molecule has 0 spiro atoms. The molecule has 0 radical (unpaired) electrons. The van der Waals surface area contributed by atoms with Crippen LogP contribution in [-0.2, 0) is 6.54 Å². The average molecular weight is 263 g/mol. The van der Waals surface area contributed by atoms with Crippen LogP contribution < -0.4 is 0 Å². The second kappa shape index (κ2) is 5.29. The molecule has 3 heteroatoms. The lowest BCUT2D eigenvalue weighted by Crippen LogP contribution is -1.89. The van der Waals surface area contributed by atoms with Gasteiger partial charge in [0.2, 0.25) is 0 Å². The minimum atomic E-state index is 0.879. The van der Waals surface area contributed by atoms with E-state index in [2.05, 4.69) is 53.0 Å². The van der Waals surface area contributed by atoms with Crippen LogP contribution in [0.5, 0.6) is 0 Å². The maximum Gasteiger partial charge on any atom is 0.111 e. The van der Waals surface area contributed by atoms with Crippen LogP contribution in [-0.4, -0.2) is 4.57 Å². The summed E-state index contributed by atoms with van der Waals surface area (Å²) in [5, 5.41) is 9.88. The second-order valence-electron chi connectivity index (χ2n) is 4.85. The van der Waals surface area contributed by atoms with E-state index in [-0.39, 0.29) is 0 Å². The lowest BCUT2D eigenvalue weighted by atomic mass is 10.2. The molecule has 0 aliphatic rings. The number of benzene rings is 2. The molecule has 0 fully saturated rings. The fourth-order valence-corrected chi connectivity index (χ4v) is 2.29. The first kappa shape index (κ1) is 12.6. The Morgan fingerprint density at radius 1 is 0.950 bits per heavy atom. The molecule has 100 valence electrons. The fourth-order valence-electron chi connectivity index (χ4n) is 2.29. The Balaban J connectivity index is 2.00. The average Bonchev–Trinajstić information content (AvgIpc) is 2.85. The van der Waals surface area contributed by atoms with Crippen LogP contribution in [0, 0.1) is 6.92 Å². The minimum absolute atomic E-state index is 0.879. The standard InChI is InChI=1S/C17H17N3/c1-3-20-12-16(15-6-4-5-7-17(15)20)19-18-14-10-8-13(2)9-11-14/h4-12H,3H2,1-2H3/b19-18+. The van der Waals surface area contributed by atoms with Crippen molar-refractivity contribution in [3.63, 3.8) is 0 Å². The Labute approximate surface area is 118 Å². The molecule has 2 aromatic carbocycles. The highest BCUT2D eigenvalue weighted by Gasteiger charge is 2.05. The number of aryl methyl sites for hydroxylation is 2. The van der Waals surface area contributed by atoms with Gasteiger partial charge in [0.1, 0.15) is 5.69 Å². The SMILES string of the molecule is CCn1cc(/N=N/c2ccc(C)cc2)c2ccccc21. The predicted octanol–water partition coefficient (Wildman–Crippen LogP) is 5.39. The van der Waals surface area contributed by atoms with E-state index in [1.807, 2.05) is 30.3 Å². The van der Waals surface area contributed by atoms with E-state index in [9.17, 15) is 0 Å². The zero-order valence-electron chi connectivity index (χ0n) is 11.7. The lowest BCUT2D eigenvalue weighted by molar-refractivity contribution is 0.797. The molecule has 0 aliphatic heterocycles. The molecule has 0 atom stereocenters. The van der Waals surface area contributed by atoms with Gasteiger partial charge in [-0.1, -0.05) is 35.9 Å². The summed E-state index contributed by atoms with van der Waals surface area (Å²) in [5.74, 6) is 0. The van der Waals surface area contributed by atoms with Crippen molar-refractivity contribution >= 4 is 22.3 Å². The molecule has 1 aromatic heterocycles. The number of hydrogen-bond donors (Lipinski definition) is 0. The number of rotatable bonds is 3. The molecule has 0 unspecified atom stereocenters. The van der Waals surface area contributed by atoms with Gasteiger partial charge < -0.3 is 4.57 Å². The van der Waals surface area contributed by atoms with E-state index < -0.39 is 0 Å². The van der Waals surface area contributed by atoms with E-state index in [0.717, 1.165) is 23.3 Å². The Morgan fingerprint density at radius 3 is 2.45 bits per heavy atom. The van der Waals surface area contributed by atoms with Gasteiger partial charge in [-0.3, -0.25) is 0 Å². The number of aromatic nitrogens is 1. The lowest BCUT2D eigenvalue weighted by Gasteiger charge is -1.97. The van der Waals surface area contributed by atoms with Crippen molar-refractivity contribution in [3.05, 3.63) is 60.3 Å². The quantitative estimate of drug-likeness (QED) is 0.567. The van der Waals surface area contributed by atoms with E-state index in [4.69, 9.17) is 0 Å². The first-order chi connectivity index (χ1) is 9.78. The van der Waals surface area contributed by atoms with Gasteiger partial charge in [-0.25, -0.2) is 0 Å². The second-order valence-corrected chi connectivity index (χ2v) is 4.85. The number of nitrogens with zero attached hydrogens (tertiary/aromatic N) is 3. The Hall–Kier alpha value is -2.42. The van der Waals surface area contributed by atoms with Crippen LogP contribution in [0.1, 0.15) is 12.5 Å². The number of fused-ring (bicyclic) bond motifs is 1. The van der Waals surface area contributed by atoms with Gasteiger partial charge in [-0.05, 0) is 32.0 Å². The normalized spacial score (nSPS) is 11.5. The first-order valence-corrected chi connectivity index (χ1v) is 6.84. The smallest absolute Gasteiger partial charge is 0.111 e. The molecule has 0 saturated carbocycles. The molecule has 0 amide bonds. The summed E-state index contributed by atoms with van der Waals surface area (Å²) in [6.07, 6.45) is 2.06. The summed E-state index contributed by atoms with van der Waals surface area (Å²) in [4.78, 5) is 0. The van der Waals surface area contributed by atoms with Crippen molar-refractivity contribution in [3.8, 4) is 0 Å². The largest absolute Gasteiger partial charge is 0.345 e. The summed E-state index contributed by atoms with van der Waals surface area (Å²) in [6.45, 7) is 5.13. The third-order valence-electron chi connectivity index (χ3n) is 3.42. The van der Waals surface area contributed by atoms with Crippen LogP contribution in [0.3, 0.4) is 0 Å². The molecule has 0 N–H and O–H groups in total. The summed E-state index contributed by atoms with van der Waals surface area (Å²) in [7, 11) is 0. The maximum absolute atomic E-state index is 4.41. The highest BCUT2D eigenvalue weighted by atomic mass is 15.1. The molecule has 1 heterocycles. The van der Waals surface area contributed by atoms with Crippen LogP contribution in [0.25, 0.3) is 10.9 Å². The third-order valence-corrected chi connectivity index (χ3v) is 3.42. The first-order valence-electron chi connectivity index (χ1n) is 6.84. The van der Waals surface area contributed by atoms with Crippen LogP contribution in [0.4, 0.5) is 11.4 Å². The number of azo groups is 1. The molecule has 20 heavy (non-hydrogen) atoms. The van der Waals surface area contributed by atoms with E-state index in [1.165, 1.54) is 11.1 Å². The number of para-hydroxylation sites is 1. The molecule has 3 rings (SSSR count). The Bertz CT molecular complexity index is 752. The molecule has 0 bridgehead atoms. The van der Waals surface area contributed by atoms with Gasteiger partial charge in [-0.15, -0.1) is 5.11 Å². The van der Waals surface area contributed by atoms with Crippen LogP contribution in [0.15, 0.2) is 65.0 Å². The molecule has 0 saturated heterocycles. The molecular formula is C17H17N3. The summed E-state index contributed by atoms with van der Waals surface area (Å²) in [6, 6.07) is 16.3. The van der Waals surface area contributed by atoms with Crippen LogP contribution in [0.2, 0.25) is 0 Å². The van der Waals surface area contributed by atoms with E-state index in [0.29, 0.717) is 0 Å². The third kappa shape index (κ3) is 2.35. The van der Waals surface area contributed by atoms with Crippen molar-refractivity contribution < 1.29 is 0 Å². The topological polar surface area (TPSA) is 29.6 Å². The minimum Gasteiger partial charge on any atom is -0.345 e. The van der Waals surface area contributed by atoms with Crippen molar-refractivity contribution in [1.29, 1.82) is 0 Å². The number of hydrogen-bond acceptors (Lipinski definition) is 2. The highest BCUT2D eigenvalue weighted by Crippen LogP contribution is 2.29. The zero-order chi connectivity index (χ0) is 13.9. The zero-order valence-corrected chi connectivity index (χ0v) is 11.7. The monoisotopic (exact) mass is 263 g/mol. The van der Waals surface area contributed by atoms with Gasteiger partial charge in [0, 0.05) is 18.1 Å². The summed E-state index contributed by atoms with van der Waals surface area (Å²) < 4.78 is 2.19. The maximum atomic E-state index is 4.41. The van der Waals surface area contributed by atoms with E-state index in [1.54, 1.807) is 0 Å². The summed E-state index contributed by atoms with van der Waals surface area (Å²) >= 11 is 0. The van der Waals surface area contributed by atoms with Gasteiger partial charge >= 0.3 is 0 Å². The van der Waals surface area contributed by atoms with Crippen molar-refractivity contribution in [2.45, 2.75) is 20.4 Å². The fraction of sp³-hybridized carbons (Fsp3) is 0.176. The van der Waals surface area contributed by atoms with E-state index >= 15 is 0 Å². The van der Waals surface area contributed by atoms with Crippen molar-refractivity contribution in [1.82, 2.24) is 4.57 Å². The van der Waals surface area contributed by atoms with Crippen molar-refractivity contribution in [2.75, 3.05) is 0 Å². The van der Waals surface area contributed by atoms with Gasteiger partial charge in [0.05, 0.1) is 11.2 Å². The Morgan fingerprint density at radius 2 is 1.70 bits per heavy atom. The van der Waals surface area contributed by atoms with Gasteiger partial charge in [-0.2, -0.15) is 5.11 Å². The van der Waals surface area contributed by atoms with Crippen molar-refractivity contribution in [2.24, 2.45) is 10.2 Å². The van der Waals surface area contributed by atoms with Gasteiger partial charge in [0.25, 0.3) is 0 Å². The predicted molar refractivity (Wildman–Crippen MR) is 83.0 cm³/mol. The molecule has 3 nitrogen and oxygen atoms in total. The highest BCUT2D eigenvalue weighted by molar-refractivity contribution is 5.91. The molecule has 3 aromatic rings. The van der Waals surface area contributed by atoms with Gasteiger partial charge in [0.15, 0.2) is 0 Å². The Kier molecular flexibility index (Phi) is 3.33. The molecule has 0 aliphatic carbocycles. The van der Waals surface area contributed by atoms with Crippen LogP contribution >= 0.6 is 0 Å².